The number of hydrogen-bond acceptors (Lipinski definition) is 3. The van der Waals surface area contributed by atoms with Crippen LogP contribution in [-0.4, -0.2) is 6.71 Å². The molecule has 470 valence electrons. The third-order valence-electron chi connectivity index (χ3n) is 24.0. The predicted molar refractivity (Wildman–Crippen MR) is 395 cm³/mol. The molecular weight excluding hydrogens is 1100 g/mol. The van der Waals surface area contributed by atoms with Gasteiger partial charge in [0.05, 0.1) is 5.69 Å². The predicted octanol–water partition coefficient (Wildman–Crippen LogP) is 22.5. The van der Waals surface area contributed by atoms with Gasteiger partial charge in [-0.2, -0.15) is 0 Å². The van der Waals surface area contributed by atoms with E-state index in [1.165, 1.54) is 129 Å². The van der Waals surface area contributed by atoms with Crippen LogP contribution < -0.4 is 31.1 Å². The van der Waals surface area contributed by atoms with Gasteiger partial charge in [-0.25, -0.2) is 0 Å². The molecule has 0 aromatic heterocycles. The van der Waals surface area contributed by atoms with E-state index in [-0.39, 0.29) is 60.9 Å². The van der Waals surface area contributed by atoms with Gasteiger partial charge in [0.1, 0.15) is 0 Å². The molecule has 2 aliphatic heterocycles. The van der Waals surface area contributed by atoms with E-state index in [0.29, 0.717) is 0 Å². The molecule has 0 saturated carbocycles. The molecule has 3 nitrogen and oxygen atoms in total. The van der Waals surface area contributed by atoms with Crippen molar-refractivity contribution in [1.29, 1.82) is 0 Å². The summed E-state index contributed by atoms with van der Waals surface area (Å²) in [5.74, 6) is 0. The van der Waals surface area contributed by atoms with Crippen LogP contribution in [0.4, 0.5) is 51.2 Å². The van der Waals surface area contributed by atoms with Gasteiger partial charge in [0, 0.05) is 50.9 Å². The average Bonchev–Trinajstić information content (AvgIpc) is 1.29. The topological polar surface area (TPSA) is 9.72 Å². The fourth-order valence-electron chi connectivity index (χ4n) is 17.8. The molecule has 2 heterocycles. The Hall–Kier alpha value is -6.78. The van der Waals surface area contributed by atoms with Crippen LogP contribution in [0.25, 0.3) is 11.1 Å². The molecule has 8 aromatic rings. The van der Waals surface area contributed by atoms with E-state index in [1.807, 2.05) is 0 Å². The summed E-state index contributed by atoms with van der Waals surface area (Å²) in [6.07, 6.45) is 6.91. The number of fused-ring (bicyclic) bond motifs is 10. The Morgan fingerprint density at radius 3 is 1.19 bits per heavy atom. The van der Waals surface area contributed by atoms with Crippen molar-refractivity contribution in [3.05, 3.63) is 201 Å². The second-order valence-corrected chi connectivity index (χ2v) is 36.7. The normalized spacial score (nSPS) is 19.7. The molecule has 0 atom stereocenters. The first-order valence-electron chi connectivity index (χ1n) is 34.8. The Bertz CT molecular complexity index is 4270. The van der Waals surface area contributed by atoms with E-state index in [0.717, 1.165) is 49.2 Å². The monoisotopic (exact) mass is 1200 g/mol. The zero-order valence-corrected chi connectivity index (χ0v) is 59.9. The zero-order chi connectivity index (χ0) is 65.2. The molecule has 0 saturated heterocycles. The number of nitrogens with zero attached hydrogens (tertiary/aromatic N) is 3. The summed E-state index contributed by atoms with van der Waals surface area (Å²) in [5, 5.41) is 0. The Balaban J connectivity index is 1.18. The second kappa shape index (κ2) is 19.6. The molecule has 0 N–H and O–H groups in total. The minimum atomic E-state index is -0.179. The smallest absolute Gasteiger partial charge is 0.252 e. The van der Waals surface area contributed by atoms with Gasteiger partial charge >= 0.3 is 0 Å². The second-order valence-electron chi connectivity index (χ2n) is 36.7. The molecule has 8 aromatic carbocycles. The van der Waals surface area contributed by atoms with Crippen molar-refractivity contribution in [3.8, 4) is 11.1 Å². The van der Waals surface area contributed by atoms with E-state index in [4.69, 9.17) is 0 Å². The van der Waals surface area contributed by atoms with Crippen LogP contribution in [0.3, 0.4) is 0 Å². The molecule has 0 fully saturated rings. The van der Waals surface area contributed by atoms with Crippen LogP contribution in [0, 0.1) is 0 Å². The highest BCUT2D eigenvalue weighted by atomic mass is 15.2. The van der Waals surface area contributed by atoms with Crippen LogP contribution in [0.5, 0.6) is 0 Å². The fourth-order valence-corrected chi connectivity index (χ4v) is 17.8. The molecule has 6 aliphatic rings. The summed E-state index contributed by atoms with van der Waals surface area (Å²) in [4.78, 5) is 8.17. The van der Waals surface area contributed by atoms with E-state index in [9.17, 15) is 0 Å². The van der Waals surface area contributed by atoms with Gasteiger partial charge in [-0.05, 0) is 249 Å². The highest BCUT2D eigenvalue weighted by molar-refractivity contribution is 7.00. The first kappa shape index (κ1) is 61.7. The lowest BCUT2D eigenvalue weighted by Crippen LogP contribution is -2.62. The first-order valence-corrected chi connectivity index (χ1v) is 34.8. The minimum Gasteiger partial charge on any atom is -0.311 e. The number of rotatable bonds is 5. The quantitative estimate of drug-likeness (QED) is 0.159. The maximum absolute atomic E-state index is 2.80. The molecule has 4 aliphatic carbocycles. The van der Waals surface area contributed by atoms with E-state index >= 15 is 0 Å². The standard InChI is InChI=1S/C87H104BN3/c1-78(2,3)53-28-32-55(33-29-53)89(56-34-30-54(31-35-56)79(4,5)6)59-47-74-77-75(48-59)91(58-44-61-60-26-24-25-27-62(60)87(22,23)76(61)69(46-58)80(7,8)9)73-52-68-66(84(16,17)41-43-86(68,20)21)50-71(73)88(77)70-49-65-67(85(18,19)42-40-83(65,14)15)51-72(70)90(74)57-36-37-63-64(45-57)82(12,13)39-38-81(63,10)11/h24-37,44-52H,38-43H2,1-23H3. The summed E-state index contributed by atoms with van der Waals surface area (Å²) in [6.45, 7) is 56.4. The fraction of sp³-hybridized carbons (Fsp3) is 0.448. The maximum Gasteiger partial charge on any atom is 0.252 e. The van der Waals surface area contributed by atoms with Crippen molar-refractivity contribution in [2.45, 2.75) is 252 Å². The molecule has 0 spiro atoms. The van der Waals surface area contributed by atoms with Gasteiger partial charge in [0.15, 0.2) is 0 Å². The molecule has 0 unspecified atom stereocenters. The minimum absolute atomic E-state index is 0.00131. The lowest BCUT2D eigenvalue weighted by atomic mass is 9.32. The summed E-state index contributed by atoms with van der Waals surface area (Å²) < 4.78 is 0. The Labute approximate surface area is 549 Å². The molecule has 0 bridgehead atoms. The van der Waals surface area contributed by atoms with Gasteiger partial charge in [-0.3, -0.25) is 0 Å². The van der Waals surface area contributed by atoms with E-state index in [1.54, 1.807) is 0 Å². The Morgan fingerprint density at radius 2 is 0.747 bits per heavy atom. The van der Waals surface area contributed by atoms with Gasteiger partial charge in [0.25, 0.3) is 6.71 Å². The Kier molecular flexibility index (Phi) is 13.3. The SMILES string of the molecule is CC(C)(C)c1ccc(N(c2ccc(C(C)(C)C)cc2)c2cc3c4c(c2)N(c2ccc5c(c2)C(C)(C)CCC5(C)C)c2cc5c(cc2B4c2cc4c(cc2N3c2cc3c(c(C(C)(C)C)c2)C(C)(C)c2ccccc2-3)C(C)(C)CCC4(C)C)C(C)(C)CCC5(C)C)cc1. The van der Waals surface area contributed by atoms with E-state index < -0.39 is 0 Å². The molecule has 0 radical (unpaired) electrons. The van der Waals surface area contributed by atoms with Crippen LogP contribution in [0.15, 0.2) is 140 Å². The molecular formula is C87H104BN3. The third-order valence-corrected chi connectivity index (χ3v) is 24.0. The number of benzene rings is 8. The lowest BCUT2D eigenvalue weighted by molar-refractivity contribution is 0.332. The van der Waals surface area contributed by atoms with Crippen molar-refractivity contribution >= 4 is 74.3 Å². The van der Waals surface area contributed by atoms with E-state index in [2.05, 4.69) is 313 Å². The average molecular weight is 1200 g/mol. The van der Waals surface area contributed by atoms with Gasteiger partial charge in [-0.15, -0.1) is 0 Å². The molecule has 4 heteroatoms. The van der Waals surface area contributed by atoms with Crippen molar-refractivity contribution in [3.63, 3.8) is 0 Å². The Morgan fingerprint density at radius 1 is 0.341 bits per heavy atom. The highest BCUT2D eigenvalue weighted by Gasteiger charge is 2.51. The largest absolute Gasteiger partial charge is 0.311 e. The summed E-state index contributed by atoms with van der Waals surface area (Å²) in [5.41, 5.74) is 33.5. The summed E-state index contributed by atoms with van der Waals surface area (Å²) >= 11 is 0. The zero-order valence-electron chi connectivity index (χ0n) is 59.9. The molecule has 91 heavy (non-hydrogen) atoms. The van der Waals surface area contributed by atoms with Gasteiger partial charge in [-0.1, -0.05) is 226 Å². The van der Waals surface area contributed by atoms with Crippen molar-refractivity contribution < 1.29 is 0 Å². The van der Waals surface area contributed by atoms with Crippen LogP contribution in [-0.2, 0) is 54.1 Å². The first-order chi connectivity index (χ1) is 42.2. The lowest BCUT2D eigenvalue weighted by Gasteiger charge is -2.49. The van der Waals surface area contributed by atoms with Crippen molar-refractivity contribution in [2.75, 3.05) is 14.7 Å². The maximum atomic E-state index is 2.80. The summed E-state index contributed by atoms with van der Waals surface area (Å²) in [6, 6.07) is 57.6. The summed E-state index contributed by atoms with van der Waals surface area (Å²) in [7, 11) is 0. The van der Waals surface area contributed by atoms with Gasteiger partial charge < -0.3 is 14.7 Å². The van der Waals surface area contributed by atoms with Crippen LogP contribution in [0.2, 0.25) is 0 Å². The third kappa shape index (κ3) is 9.51. The number of hydrogen-bond donors (Lipinski definition) is 0. The highest BCUT2D eigenvalue weighted by Crippen LogP contribution is 2.59. The molecule has 0 amide bonds. The van der Waals surface area contributed by atoms with Crippen LogP contribution in [0.1, 0.15) is 259 Å². The van der Waals surface area contributed by atoms with Crippen molar-refractivity contribution in [2.24, 2.45) is 0 Å². The van der Waals surface area contributed by atoms with Gasteiger partial charge in [0.2, 0.25) is 0 Å². The number of anilines is 9. The van der Waals surface area contributed by atoms with Crippen molar-refractivity contribution in [1.82, 2.24) is 0 Å². The molecule has 14 rings (SSSR count). The van der Waals surface area contributed by atoms with Crippen LogP contribution >= 0.6 is 0 Å².